The second-order valence-corrected chi connectivity index (χ2v) is 7.93. The lowest BCUT2D eigenvalue weighted by Gasteiger charge is -2.06. The third-order valence-electron chi connectivity index (χ3n) is 3.98. The average molecular weight is 385 g/mol. The SMILES string of the molecule is CCCCCCCCCCCC(=O)NS(=O)(=O)c1cncc([N+](=O)[O-])c1. The summed E-state index contributed by atoms with van der Waals surface area (Å²) in [6.45, 7) is 2.18. The van der Waals surface area contributed by atoms with Gasteiger partial charge < -0.3 is 0 Å². The number of amides is 1. The monoisotopic (exact) mass is 385 g/mol. The van der Waals surface area contributed by atoms with Gasteiger partial charge in [0.25, 0.3) is 15.7 Å². The van der Waals surface area contributed by atoms with Gasteiger partial charge in [0, 0.05) is 18.7 Å². The third-order valence-corrected chi connectivity index (χ3v) is 5.32. The van der Waals surface area contributed by atoms with Crippen LogP contribution in [0.1, 0.15) is 71.1 Å². The molecule has 0 aliphatic carbocycles. The average Bonchev–Trinajstić information content (AvgIpc) is 2.60. The van der Waals surface area contributed by atoms with Crippen LogP contribution in [-0.2, 0) is 14.8 Å². The fourth-order valence-electron chi connectivity index (χ4n) is 2.51. The zero-order valence-electron chi connectivity index (χ0n) is 15.1. The lowest BCUT2D eigenvalue weighted by atomic mass is 10.1. The van der Waals surface area contributed by atoms with E-state index in [9.17, 15) is 23.3 Å². The summed E-state index contributed by atoms with van der Waals surface area (Å²) < 4.78 is 26.1. The number of carbonyl (C=O) groups excluding carboxylic acids is 1. The molecule has 0 spiro atoms. The van der Waals surface area contributed by atoms with Crippen molar-refractivity contribution in [3.63, 3.8) is 0 Å². The molecule has 1 rings (SSSR count). The van der Waals surface area contributed by atoms with E-state index in [4.69, 9.17) is 0 Å². The van der Waals surface area contributed by atoms with E-state index in [2.05, 4.69) is 11.9 Å². The largest absolute Gasteiger partial charge is 0.288 e. The van der Waals surface area contributed by atoms with E-state index in [-0.39, 0.29) is 6.42 Å². The first-order valence-electron chi connectivity index (χ1n) is 9.02. The highest BCUT2D eigenvalue weighted by Gasteiger charge is 2.20. The van der Waals surface area contributed by atoms with Crippen LogP contribution in [0.3, 0.4) is 0 Å². The number of pyridine rings is 1. The van der Waals surface area contributed by atoms with E-state index >= 15 is 0 Å². The molecule has 0 saturated carbocycles. The summed E-state index contributed by atoms with van der Waals surface area (Å²) in [6.07, 6.45) is 11.9. The normalized spacial score (nSPS) is 11.3. The highest BCUT2D eigenvalue weighted by Crippen LogP contribution is 2.16. The van der Waals surface area contributed by atoms with Crippen molar-refractivity contribution in [1.29, 1.82) is 0 Å². The molecular weight excluding hydrogens is 358 g/mol. The molecule has 0 unspecified atom stereocenters. The van der Waals surface area contributed by atoms with Gasteiger partial charge in [-0.3, -0.25) is 19.9 Å². The Hall–Kier alpha value is -2.03. The van der Waals surface area contributed by atoms with E-state index < -0.39 is 31.4 Å². The van der Waals surface area contributed by atoms with Gasteiger partial charge in [-0.1, -0.05) is 58.3 Å². The zero-order valence-corrected chi connectivity index (χ0v) is 16.0. The summed E-state index contributed by atoms with van der Waals surface area (Å²) in [6, 6.07) is 0.876. The van der Waals surface area contributed by atoms with Crippen molar-refractivity contribution in [3.8, 4) is 0 Å². The molecule has 1 N–H and O–H groups in total. The van der Waals surface area contributed by atoms with Crippen molar-refractivity contribution in [2.75, 3.05) is 0 Å². The van der Waals surface area contributed by atoms with Gasteiger partial charge in [-0.05, 0) is 6.42 Å². The van der Waals surface area contributed by atoms with Crippen LogP contribution in [0.5, 0.6) is 0 Å². The van der Waals surface area contributed by atoms with Gasteiger partial charge in [-0.15, -0.1) is 0 Å². The second kappa shape index (κ2) is 11.6. The molecule has 0 saturated heterocycles. The molecule has 0 aliphatic heterocycles. The van der Waals surface area contributed by atoms with Gasteiger partial charge in [0.1, 0.15) is 11.1 Å². The highest BCUT2D eigenvalue weighted by molar-refractivity contribution is 7.90. The van der Waals surface area contributed by atoms with Crippen molar-refractivity contribution in [2.45, 2.75) is 76.0 Å². The van der Waals surface area contributed by atoms with Crippen LogP contribution in [0, 0.1) is 10.1 Å². The maximum Gasteiger partial charge on any atom is 0.288 e. The molecule has 26 heavy (non-hydrogen) atoms. The maximum absolute atomic E-state index is 12.1. The number of hydrogen-bond acceptors (Lipinski definition) is 6. The quantitative estimate of drug-likeness (QED) is 0.314. The minimum atomic E-state index is -4.14. The van der Waals surface area contributed by atoms with Crippen molar-refractivity contribution >= 4 is 21.6 Å². The van der Waals surface area contributed by atoms with Crippen LogP contribution in [0.15, 0.2) is 23.4 Å². The van der Waals surface area contributed by atoms with Crippen LogP contribution in [0.25, 0.3) is 0 Å². The summed E-state index contributed by atoms with van der Waals surface area (Å²) in [5.74, 6) is -0.612. The Kier molecular flexibility index (Phi) is 9.79. The number of nitro groups is 1. The van der Waals surface area contributed by atoms with E-state index in [1.54, 1.807) is 0 Å². The minimum Gasteiger partial charge on any atom is -0.274 e. The predicted octanol–water partition coefficient (Wildman–Crippen LogP) is 3.72. The molecule has 0 radical (unpaired) electrons. The lowest BCUT2D eigenvalue weighted by Crippen LogP contribution is -2.30. The van der Waals surface area contributed by atoms with Crippen LogP contribution in [0.2, 0.25) is 0 Å². The van der Waals surface area contributed by atoms with Gasteiger partial charge in [0.2, 0.25) is 5.91 Å². The first kappa shape index (κ1) is 22.0. The van der Waals surface area contributed by atoms with E-state index in [0.717, 1.165) is 37.7 Å². The molecule has 1 aromatic rings. The zero-order chi connectivity index (χ0) is 19.4. The number of nitrogens with one attached hydrogen (secondary N) is 1. The Morgan fingerprint density at radius 2 is 1.65 bits per heavy atom. The summed E-state index contributed by atoms with van der Waals surface area (Å²) in [5.41, 5.74) is -0.445. The number of unbranched alkanes of at least 4 members (excludes halogenated alkanes) is 8. The first-order valence-corrected chi connectivity index (χ1v) is 10.5. The topological polar surface area (TPSA) is 119 Å². The van der Waals surface area contributed by atoms with Gasteiger partial charge in [0.05, 0.1) is 4.92 Å². The standard InChI is InChI=1S/C17H27N3O5S/c1-2-3-4-5-6-7-8-9-10-11-17(21)19-26(24,25)16-12-15(20(22)23)13-18-14-16/h12-14H,2-11H2,1H3,(H,19,21). The number of aromatic nitrogens is 1. The minimum absolute atomic E-state index is 0.109. The fourth-order valence-corrected chi connectivity index (χ4v) is 3.51. The Labute approximate surface area is 154 Å². The summed E-state index contributed by atoms with van der Waals surface area (Å²) >= 11 is 0. The molecule has 0 bridgehead atoms. The van der Waals surface area contributed by atoms with Crippen molar-refractivity contribution in [2.24, 2.45) is 0 Å². The molecule has 1 aromatic heterocycles. The molecule has 8 nitrogen and oxygen atoms in total. The summed E-state index contributed by atoms with van der Waals surface area (Å²) in [5, 5.41) is 10.7. The summed E-state index contributed by atoms with van der Waals surface area (Å²) in [7, 11) is -4.14. The maximum atomic E-state index is 12.1. The lowest BCUT2D eigenvalue weighted by molar-refractivity contribution is -0.385. The van der Waals surface area contributed by atoms with Gasteiger partial charge in [0.15, 0.2) is 0 Å². The molecule has 9 heteroatoms. The number of nitrogens with zero attached hydrogens (tertiary/aromatic N) is 2. The summed E-state index contributed by atoms with van der Waals surface area (Å²) in [4.78, 5) is 24.9. The third kappa shape index (κ3) is 8.37. The number of rotatable bonds is 13. The first-order chi connectivity index (χ1) is 12.4. The molecule has 1 amide bonds. The van der Waals surface area contributed by atoms with E-state index in [1.807, 2.05) is 4.72 Å². The van der Waals surface area contributed by atoms with Crippen LogP contribution < -0.4 is 4.72 Å². The number of hydrogen-bond donors (Lipinski definition) is 1. The molecule has 0 aromatic carbocycles. The number of sulfonamides is 1. The molecule has 0 atom stereocenters. The van der Waals surface area contributed by atoms with Crippen LogP contribution in [-0.4, -0.2) is 24.2 Å². The Morgan fingerprint density at radius 3 is 2.23 bits per heavy atom. The van der Waals surface area contributed by atoms with Gasteiger partial charge >= 0.3 is 0 Å². The molecule has 1 heterocycles. The fraction of sp³-hybridized carbons (Fsp3) is 0.647. The molecular formula is C17H27N3O5S. The highest BCUT2D eigenvalue weighted by atomic mass is 32.2. The van der Waals surface area contributed by atoms with Crippen molar-refractivity contribution < 1.29 is 18.1 Å². The molecule has 146 valence electrons. The molecule has 0 fully saturated rings. The smallest absolute Gasteiger partial charge is 0.274 e. The second-order valence-electron chi connectivity index (χ2n) is 6.24. The van der Waals surface area contributed by atoms with Crippen LogP contribution in [0.4, 0.5) is 5.69 Å². The Bertz CT molecular complexity index is 691. The predicted molar refractivity (Wildman–Crippen MR) is 98.1 cm³/mol. The van der Waals surface area contributed by atoms with Crippen molar-refractivity contribution in [1.82, 2.24) is 9.71 Å². The van der Waals surface area contributed by atoms with E-state index in [1.165, 1.54) is 32.1 Å². The van der Waals surface area contributed by atoms with Gasteiger partial charge in [-0.2, -0.15) is 0 Å². The van der Waals surface area contributed by atoms with E-state index in [0.29, 0.717) is 6.42 Å². The molecule has 0 aliphatic rings. The van der Waals surface area contributed by atoms with Gasteiger partial charge in [-0.25, -0.2) is 13.1 Å². The Balaban J connectivity index is 2.31. The number of carbonyl (C=O) groups is 1. The van der Waals surface area contributed by atoms with Crippen LogP contribution >= 0.6 is 0 Å². The Morgan fingerprint density at radius 1 is 1.08 bits per heavy atom. The van der Waals surface area contributed by atoms with Crippen molar-refractivity contribution in [3.05, 3.63) is 28.6 Å².